The highest BCUT2D eigenvalue weighted by molar-refractivity contribution is 5.88. The van der Waals surface area contributed by atoms with E-state index in [1.165, 1.54) is 0 Å². The highest BCUT2D eigenvalue weighted by Gasteiger charge is 2.48. The van der Waals surface area contributed by atoms with Crippen molar-refractivity contribution in [1.29, 1.82) is 0 Å². The second-order valence-corrected chi connectivity index (χ2v) is 4.84. The van der Waals surface area contributed by atoms with Gasteiger partial charge in [0.1, 0.15) is 48.8 Å². The summed E-state index contributed by atoms with van der Waals surface area (Å²) in [6.45, 7) is -1.67. The van der Waals surface area contributed by atoms with Gasteiger partial charge in [0.25, 0.3) is 0 Å². The van der Waals surface area contributed by atoms with Gasteiger partial charge in [-0.1, -0.05) is 0 Å². The summed E-state index contributed by atoms with van der Waals surface area (Å²) in [5.74, 6) is -1.27. The van der Waals surface area contributed by atoms with Gasteiger partial charge in [-0.15, -0.1) is 0 Å². The van der Waals surface area contributed by atoms with Crippen molar-refractivity contribution in [2.45, 2.75) is 48.8 Å². The molecule has 21 heavy (non-hydrogen) atoms. The van der Waals surface area contributed by atoms with Crippen LogP contribution in [0.4, 0.5) is 0 Å². The van der Waals surface area contributed by atoms with Gasteiger partial charge in [0.15, 0.2) is 5.78 Å². The van der Waals surface area contributed by atoms with Gasteiger partial charge in [-0.2, -0.15) is 0 Å². The fraction of sp³-hybridized carbons (Fsp3) is 0.909. The van der Waals surface area contributed by atoms with Gasteiger partial charge in [-0.3, -0.25) is 4.79 Å². The molecule has 8 N–H and O–H groups in total. The summed E-state index contributed by atoms with van der Waals surface area (Å²) in [5.41, 5.74) is 0. The molecule has 1 aliphatic rings. The van der Waals surface area contributed by atoms with Gasteiger partial charge < -0.3 is 45.6 Å². The Kier molecular flexibility index (Phi) is 6.59. The third-order valence-electron chi connectivity index (χ3n) is 3.37. The van der Waals surface area contributed by atoms with Crippen LogP contribution in [0.3, 0.4) is 0 Å². The Morgan fingerprint density at radius 2 is 1.57 bits per heavy atom. The molecule has 0 bridgehead atoms. The van der Waals surface area contributed by atoms with E-state index in [1.54, 1.807) is 0 Å². The second-order valence-electron chi connectivity index (χ2n) is 4.84. The maximum absolute atomic E-state index is 11.9. The standard InChI is InChI=1S/C11H20O10/c12-1-3(14)5(15)7(17)9(19)11-10(20)8(18)6(16)4(2-13)21-11/h3-8,10-18,20H,1-2H2/t3?,4-,5?,6+,7?,8+,10-,11?/m1/s1. The molecule has 0 aliphatic carbocycles. The number of rotatable bonds is 6. The lowest BCUT2D eigenvalue weighted by molar-refractivity contribution is -0.230. The van der Waals surface area contributed by atoms with Crippen molar-refractivity contribution in [3.63, 3.8) is 0 Å². The van der Waals surface area contributed by atoms with Crippen molar-refractivity contribution in [3.05, 3.63) is 0 Å². The molecule has 10 heteroatoms. The Morgan fingerprint density at radius 3 is 2.05 bits per heavy atom. The van der Waals surface area contributed by atoms with E-state index in [2.05, 4.69) is 0 Å². The van der Waals surface area contributed by atoms with Crippen LogP contribution >= 0.6 is 0 Å². The molecule has 0 aromatic rings. The van der Waals surface area contributed by atoms with Crippen molar-refractivity contribution < 1.29 is 50.4 Å². The average molecular weight is 312 g/mol. The zero-order valence-electron chi connectivity index (χ0n) is 10.9. The predicted molar refractivity (Wildman–Crippen MR) is 63.9 cm³/mol. The lowest BCUT2D eigenvalue weighted by Gasteiger charge is -2.40. The summed E-state index contributed by atoms with van der Waals surface area (Å²) >= 11 is 0. The third-order valence-corrected chi connectivity index (χ3v) is 3.37. The van der Waals surface area contributed by atoms with E-state index in [0.717, 1.165) is 0 Å². The summed E-state index contributed by atoms with van der Waals surface area (Å²) in [4.78, 5) is 11.9. The Morgan fingerprint density at radius 1 is 1.00 bits per heavy atom. The maximum Gasteiger partial charge on any atom is 0.195 e. The lowest BCUT2D eigenvalue weighted by Crippen LogP contribution is -2.63. The van der Waals surface area contributed by atoms with E-state index in [-0.39, 0.29) is 0 Å². The van der Waals surface area contributed by atoms with Crippen LogP contribution in [0.15, 0.2) is 0 Å². The van der Waals surface area contributed by atoms with Crippen molar-refractivity contribution >= 4 is 5.78 Å². The molecule has 0 radical (unpaired) electrons. The van der Waals surface area contributed by atoms with Crippen LogP contribution in [-0.2, 0) is 9.53 Å². The van der Waals surface area contributed by atoms with Crippen LogP contribution < -0.4 is 0 Å². The van der Waals surface area contributed by atoms with Crippen LogP contribution in [-0.4, -0.2) is 109 Å². The van der Waals surface area contributed by atoms with Crippen LogP contribution in [0, 0.1) is 0 Å². The SMILES string of the molecule is O=C(C(O)C(O)C(O)CO)C1O[C@H](CO)[C@H](O)[C@H](O)[C@H]1O. The minimum Gasteiger partial charge on any atom is -0.394 e. The molecule has 8 atom stereocenters. The van der Waals surface area contributed by atoms with Crippen molar-refractivity contribution in [2.24, 2.45) is 0 Å². The Labute approximate surface area is 119 Å². The first-order valence-electron chi connectivity index (χ1n) is 6.25. The molecule has 1 heterocycles. The number of carbonyl (C=O) groups excluding carboxylic acids is 1. The maximum atomic E-state index is 11.9. The van der Waals surface area contributed by atoms with E-state index in [9.17, 15) is 30.3 Å². The van der Waals surface area contributed by atoms with Gasteiger partial charge in [-0.05, 0) is 0 Å². The molecule has 1 fully saturated rings. The van der Waals surface area contributed by atoms with Gasteiger partial charge in [0, 0.05) is 0 Å². The smallest absolute Gasteiger partial charge is 0.195 e. The van der Waals surface area contributed by atoms with E-state index in [1.807, 2.05) is 0 Å². The number of aliphatic hydroxyl groups is 8. The van der Waals surface area contributed by atoms with Crippen molar-refractivity contribution in [2.75, 3.05) is 13.2 Å². The van der Waals surface area contributed by atoms with Gasteiger partial charge >= 0.3 is 0 Å². The van der Waals surface area contributed by atoms with Crippen LogP contribution in [0.1, 0.15) is 0 Å². The number of ketones is 1. The highest BCUT2D eigenvalue weighted by Crippen LogP contribution is 2.23. The average Bonchev–Trinajstić information content (AvgIpc) is 2.50. The molecular weight excluding hydrogens is 292 g/mol. The monoisotopic (exact) mass is 312 g/mol. The van der Waals surface area contributed by atoms with Crippen LogP contribution in [0.25, 0.3) is 0 Å². The molecule has 4 unspecified atom stereocenters. The van der Waals surface area contributed by atoms with E-state index >= 15 is 0 Å². The number of hydrogen-bond acceptors (Lipinski definition) is 10. The van der Waals surface area contributed by atoms with Crippen molar-refractivity contribution in [3.8, 4) is 0 Å². The minimum atomic E-state index is -2.20. The quantitative estimate of drug-likeness (QED) is 0.235. The largest absolute Gasteiger partial charge is 0.394 e. The molecule has 1 aliphatic heterocycles. The van der Waals surface area contributed by atoms with Crippen LogP contribution in [0.5, 0.6) is 0 Å². The molecule has 0 saturated carbocycles. The van der Waals surface area contributed by atoms with Crippen molar-refractivity contribution in [1.82, 2.24) is 0 Å². The Balaban J connectivity index is 2.85. The zero-order valence-corrected chi connectivity index (χ0v) is 10.9. The van der Waals surface area contributed by atoms with E-state index in [4.69, 9.17) is 20.1 Å². The van der Waals surface area contributed by atoms with E-state index < -0.39 is 67.8 Å². The molecule has 0 amide bonds. The minimum absolute atomic E-state index is 0.757. The zero-order chi connectivity index (χ0) is 16.3. The van der Waals surface area contributed by atoms with E-state index in [0.29, 0.717) is 0 Å². The van der Waals surface area contributed by atoms with Gasteiger partial charge in [0.2, 0.25) is 0 Å². The van der Waals surface area contributed by atoms with Gasteiger partial charge in [0.05, 0.1) is 13.2 Å². The predicted octanol–water partition coefficient (Wildman–Crippen LogP) is -5.53. The number of ether oxygens (including phenoxy) is 1. The second kappa shape index (κ2) is 7.54. The van der Waals surface area contributed by atoms with Gasteiger partial charge in [-0.25, -0.2) is 0 Å². The lowest BCUT2D eigenvalue weighted by atomic mass is 9.90. The first-order valence-corrected chi connectivity index (χ1v) is 6.25. The normalized spacial score (nSPS) is 37.8. The summed E-state index contributed by atoms with van der Waals surface area (Å²) in [5, 5.41) is 74.5. The number of Topliss-reactive ketones (excluding diaryl/α,β-unsaturated/α-hetero) is 1. The summed E-state index contributed by atoms with van der Waals surface area (Å²) in [7, 11) is 0. The fourth-order valence-electron chi connectivity index (χ4n) is 1.99. The Hall–Kier alpha value is -0.690. The Bertz CT molecular complexity index is 348. The molecule has 1 rings (SSSR count). The first-order chi connectivity index (χ1) is 9.76. The number of aliphatic hydroxyl groups excluding tert-OH is 8. The molecule has 10 nitrogen and oxygen atoms in total. The molecule has 0 aromatic heterocycles. The number of carbonyl (C=O) groups is 1. The third kappa shape index (κ3) is 3.74. The topological polar surface area (TPSA) is 188 Å². The molecule has 1 saturated heterocycles. The molecule has 0 aromatic carbocycles. The number of hydrogen-bond donors (Lipinski definition) is 8. The summed E-state index contributed by atoms with van der Waals surface area (Å²) in [6.07, 6.45) is -14.6. The first kappa shape index (κ1) is 18.4. The fourth-order valence-corrected chi connectivity index (χ4v) is 1.99. The summed E-state index contributed by atoms with van der Waals surface area (Å²) in [6, 6.07) is 0. The van der Waals surface area contributed by atoms with Crippen LogP contribution in [0.2, 0.25) is 0 Å². The highest BCUT2D eigenvalue weighted by atomic mass is 16.5. The summed E-state index contributed by atoms with van der Waals surface area (Å²) < 4.78 is 4.90. The molecule has 0 spiro atoms. The molecular formula is C11H20O10. The molecule has 124 valence electrons.